The Morgan fingerprint density at radius 1 is 1.07 bits per heavy atom. The van der Waals surface area contributed by atoms with Gasteiger partial charge in [0.15, 0.2) is 0 Å². The molecule has 144 valence electrons. The molecule has 0 bridgehead atoms. The molecule has 1 aliphatic heterocycles. The van der Waals surface area contributed by atoms with Crippen molar-refractivity contribution in [2.45, 2.75) is 30.4 Å². The van der Waals surface area contributed by atoms with E-state index in [9.17, 15) is 4.79 Å². The number of benzene rings is 3. The molecule has 3 aromatic rings. The van der Waals surface area contributed by atoms with Gasteiger partial charge in [-0.1, -0.05) is 54.1 Å². The number of thioether (sulfide) groups is 1. The monoisotopic (exact) mass is 411 g/mol. The van der Waals surface area contributed by atoms with Crippen molar-refractivity contribution in [1.29, 1.82) is 0 Å². The summed E-state index contributed by atoms with van der Waals surface area (Å²) >= 11 is 7.85. The predicted octanol–water partition coefficient (Wildman–Crippen LogP) is 6.39. The van der Waals surface area contributed by atoms with Crippen molar-refractivity contribution < 1.29 is 9.53 Å². The van der Waals surface area contributed by atoms with Gasteiger partial charge in [0, 0.05) is 28.3 Å². The molecule has 1 amide bonds. The first-order valence-corrected chi connectivity index (χ1v) is 10.8. The summed E-state index contributed by atoms with van der Waals surface area (Å²) in [6.07, 6.45) is 1.85. The Balaban J connectivity index is 1.34. The number of carbonyl (C=O) groups is 1. The van der Waals surface area contributed by atoms with E-state index in [0.717, 1.165) is 41.1 Å². The van der Waals surface area contributed by atoms with Gasteiger partial charge >= 0.3 is 6.09 Å². The Labute approximate surface area is 174 Å². The Kier molecular flexibility index (Phi) is 6.08. The molecule has 1 saturated heterocycles. The second-order valence-corrected chi connectivity index (χ2v) is 8.52. The largest absolute Gasteiger partial charge is 0.445 e. The summed E-state index contributed by atoms with van der Waals surface area (Å²) in [5.74, 6) is 0.875. The van der Waals surface area contributed by atoms with Crippen molar-refractivity contribution in [2.75, 3.05) is 12.3 Å². The molecule has 0 saturated carbocycles. The third kappa shape index (κ3) is 4.62. The van der Waals surface area contributed by atoms with E-state index in [4.69, 9.17) is 16.3 Å². The average molecular weight is 412 g/mol. The van der Waals surface area contributed by atoms with Crippen LogP contribution >= 0.6 is 23.4 Å². The molecule has 3 aromatic carbocycles. The molecule has 0 radical (unpaired) electrons. The van der Waals surface area contributed by atoms with Crippen LogP contribution in [0.1, 0.15) is 18.4 Å². The number of hydrogen-bond donors (Lipinski definition) is 0. The van der Waals surface area contributed by atoms with E-state index in [1.54, 1.807) is 11.8 Å². The van der Waals surface area contributed by atoms with E-state index in [0.29, 0.717) is 6.61 Å². The first-order chi connectivity index (χ1) is 13.7. The van der Waals surface area contributed by atoms with E-state index in [2.05, 4.69) is 18.2 Å². The Bertz CT molecular complexity index is 963. The molecule has 3 nitrogen and oxygen atoms in total. The number of amides is 1. The summed E-state index contributed by atoms with van der Waals surface area (Å²) < 4.78 is 5.53. The molecule has 1 aliphatic rings. The number of ether oxygens (including phenoxy) is 1. The van der Waals surface area contributed by atoms with Crippen LogP contribution < -0.4 is 0 Å². The summed E-state index contributed by atoms with van der Waals surface area (Å²) in [4.78, 5) is 15.6. The molecule has 0 N–H and O–H groups in total. The molecule has 0 aromatic heterocycles. The maximum absolute atomic E-state index is 12.5. The lowest BCUT2D eigenvalue weighted by molar-refractivity contribution is 0.0950. The van der Waals surface area contributed by atoms with Gasteiger partial charge in [0.25, 0.3) is 0 Å². The van der Waals surface area contributed by atoms with Crippen LogP contribution in [0.2, 0.25) is 5.02 Å². The normalized spacial score (nSPS) is 16.5. The second-order valence-electron chi connectivity index (χ2n) is 6.99. The number of hydrogen-bond acceptors (Lipinski definition) is 3. The lowest BCUT2D eigenvalue weighted by atomic mass is 10.1. The minimum atomic E-state index is -0.208. The van der Waals surface area contributed by atoms with Crippen LogP contribution in [0.4, 0.5) is 4.79 Å². The zero-order chi connectivity index (χ0) is 19.3. The second kappa shape index (κ2) is 8.89. The minimum absolute atomic E-state index is 0.208. The van der Waals surface area contributed by atoms with Crippen molar-refractivity contribution >= 4 is 40.2 Å². The maximum atomic E-state index is 12.5. The van der Waals surface area contributed by atoms with Crippen molar-refractivity contribution in [2.24, 2.45) is 0 Å². The summed E-state index contributed by atoms with van der Waals surface area (Å²) in [5, 5.41) is 3.08. The topological polar surface area (TPSA) is 29.5 Å². The summed E-state index contributed by atoms with van der Waals surface area (Å²) in [7, 11) is 0. The first kappa shape index (κ1) is 19.2. The molecule has 0 unspecified atom stereocenters. The van der Waals surface area contributed by atoms with Gasteiger partial charge in [-0.3, -0.25) is 0 Å². The first-order valence-electron chi connectivity index (χ1n) is 9.48. The van der Waals surface area contributed by atoms with Gasteiger partial charge < -0.3 is 9.64 Å². The van der Waals surface area contributed by atoms with Crippen LogP contribution in [0.5, 0.6) is 0 Å². The Morgan fingerprint density at radius 3 is 2.71 bits per heavy atom. The molecular formula is C23H22ClNO2S. The smallest absolute Gasteiger partial charge is 0.410 e. The maximum Gasteiger partial charge on any atom is 0.410 e. The van der Waals surface area contributed by atoms with E-state index in [-0.39, 0.29) is 12.1 Å². The van der Waals surface area contributed by atoms with Gasteiger partial charge in [0.1, 0.15) is 6.61 Å². The van der Waals surface area contributed by atoms with Crippen molar-refractivity contribution in [3.63, 3.8) is 0 Å². The van der Waals surface area contributed by atoms with Crippen LogP contribution in [0.3, 0.4) is 0 Å². The van der Waals surface area contributed by atoms with Crippen LogP contribution in [0.15, 0.2) is 71.6 Å². The highest BCUT2D eigenvalue weighted by atomic mass is 35.5. The van der Waals surface area contributed by atoms with E-state index in [1.165, 1.54) is 10.3 Å². The highest BCUT2D eigenvalue weighted by Gasteiger charge is 2.29. The molecule has 1 atom stereocenters. The van der Waals surface area contributed by atoms with Crippen molar-refractivity contribution in [3.8, 4) is 0 Å². The molecule has 4 rings (SSSR count). The molecule has 28 heavy (non-hydrogen) atoms. The SMILES string of the molecule is O=C(OCc1ccccc1)N1CCC[C@@H]1CSc1ccc2cc(Cl)ccc2c1. The fourth-order valence-corrected chi connectivity index (χ4v) is 4.81. The van der Waals surface area contributed by atoms with Gasteiger partial charge in [0.2, 0.25) is 0 Å². The number of halogens is 1. The summed E-state index contributed by atoms with van der Waals surface area (Å²) in [6.45, 7) is 1.10. The van der Waals surface area contributed by atoms with Crippen molar-refractivity contribution in [1.82, 2.24) is 4.90 Å². The van der Waals surface area contributed by atoms with Gasteiger partial charge in [-0.15, -0.1) is 11.8 Å². The molecule has 0 aliphatic carbocycles. The fourth-order valence-electron chi connectivity index (χ4n) is 3.53. The Hall–Kier alpha value is -2.17. The Morgan fingerprint density at radius 2 is 1.86 bits per heavy atom. The van der Waals surface area contributed by atoms with E-state index < -0.39 is 0 Å². The molecule has 0 spiro atoms. The number of carbonyl (C=O) groups excluding carboxylic acids is 1. The van der Waals surface area contributed by atoms with Crippen LogP contribution in [0.25, 0.3) is 10.8 Å². The van der Waals surface area contributed by atoms with E-state index in [1.807, 2.05) is 53.4 Å². The highest BCUT2D eigenvalue weighted by molar-refractivity contribution is 7.99. The van der Waals surface area contributed by atoms with Gasteiger partial charge in [-0.05, 0) is 53.4 Å². The summed E-state index contributed by atoms with van der Waals surface area (Å²) in [6, 6.07) is 22.4. The number of likely N-dealkylation sites (tertiary alicyclic amines) is 1. The summed E-state index contributed by atoms with van der Waals surface area (Å²) in [5.41, 5.74) is 1.01. The zero-order valence-electron chi connectivity index (χ0n) is 15.5. The predicted molar refractivity (Wildman–Crippen MR) is 116 cm³/mol. The van der Waals surface area contributed by atoms with Crippen molar-refractivity contribution in [3.05, 3.63) is 77.3 Å². The highest BCUT2D eigenvalue weighted by Crippen LogP contribution is 2.29. The average Bonchev–Trinajstić information content (AvgIpc) is 3.20. The zero-order valence-corrected chi connectivity index (χ0v) is 17.1. The number of nitrogens with zero attached hydrogens (tertiary/aromatic N) is 1. The fraction of sp³-hybridized carbons (Fsp3) is 0.261. The van der Waals surface area contributed by atoms with E-state index >= 15 is 0 Å². The molecular weight excluding hydrogens is 390 g/mol. The number of rotatable bonds is 5. The van der Waals surface area contributed by atoms with Gasteiger partial charge in [0.05, 0.1) is 0 Å². The van der Waals surface area contributed by atoms with Gasteiger partial charge in [-0.2, -0.15) is 0 Å². The van der Waals surface area contributed by atoms with Crippen LogP contribution in [-0.4, -0.2) is 29.3 Å². The third-order valence-electron chi connectivity index (χ3n) is 5.03. The standard InChI is InChI=1S/C23H22ClNO2S/c24-20-10-8-19-14-22(11-9-18(19)13-20)28-16-21-7-4-12-25(21)23(26)27-15-17-5-2-1-3-6-17/h1-3,5-6,8-11,13-14,21H,4,7,12,15-16H2/t21-/m1/s1. The minimum Gasteiger partial charge on any atom is -0.445 e. The molecule has 1 fully saturated rings. The van der Waals surface area contributed by atoms with Crippen LogP contribution in [-0.2, 0) is 11.3 Å². The molecule has 5 heteroatoms. The quantitative estimate of drug-likeness (QED) is 0.456. The molecule has 1 heterocycles. The third-order valence-corrected chi connectivity index (χ3v) is 6.41. The van der Waals surface area contributed by atoms with Gasteiger partial charge in [-0.25, -0.2) is 4.79 Å². The lowest BCUT2D eigenvalue weighted by Crippen LogP contribution is -2.37. The lowest BCUT2D eigenvalue weighted by Gasteiger charge is -2.24. The number of fused-ring (bicyclic) bond motifs is 1. The van der Waals surface area contributed by atoms with Crippen LogP contribution in [0, 0.1) is 0 Å².